The molecule has 134 valence electrons. The van der Waals surface area contributed by atoms with E-state index in [4.69, 9.17) is 14.7 Å². The van der Waals surface area contributed by atoms with Gasteiger partial charge in [-0.1, -0.05) is 11.3 Å². The first-order chi connectivity index (χ1) is 12.1. The quantitative estimate of drug-likeness (QED) is 0.324. The van der Waals surface area contributed by atoms with Crippen molar-refractivity contribution in [3.05, 3.63) is 22.3 Å². The molecule has 1 aliphatic heterocycles. The SMILES string of the molecule is CCOC(=O)/C(C#N)=C/NNC(=O)c1sc(N2CCOCC2)nc1C. The highest BCUT2D eigenvalue weighted by molar-refractivity contribution is 7.17. The lowest BCUT2D eigenvalue weighted by atomic mass is 10.3. The third kappa shape index (κ3) is 4.91. The van der Waals surface area contributed by atoms with E-state index in [1.165, 1.54) is 11.3 Å². The van der Waals surface area contributed by atoms with Crippen molar-refractivity contribution in [3.8, 4) is 6.07 Å². The van der Waals surface area contributed by atoms with Crippen LogP contribution in [-0.4, -0.2) is 49.8 Å². The second kappa shape index (κ2) is 9.00. The van der Waals surface area contributed by atoms with E-state index in [0.29, 0.717) is 23.8 Å². The molecule has 0 aliphatic carbocycles. The first-order valence-corrected chi connectivity index (χ1v) is 8.51. The van der Waals surface area contributed by atoms with Gasteiger partial charge >= 0.3 is 5.97 Å². The molecule has 0 atom stereocenters. The summed E-state index contributed by atoms with van der Waals surface area (Å²) in [5.41, 5.74) is 5.24. The van der Waals surface area contributed by atoms with Crippen LogP contribution in [0.15, 0.2) is 11.8 Å². The van der Waals surface area contributed by atoms with Gasteiger partial charge < -0.3 is 19.8 Å². The highest BCUT2D eigenvalue weighted by Crippen LogP contribution is 2.26. The van der Waals surface area contributed by atoms with Gasteiger partial charge in [-0.3, -0.25) is 10.2 Å². The van der Waals surface area contributed by atoms with Crippen LogP contribution in [0.2, 0.25) is 0 Å². The van der Waals surface area contributed by atoms with Crippen molar-refractivity contribution in [3.63, 3.8) is 0 Å². The van der Waals surface area contributed by atoms with Gasteiger partial charge in [0.2, 0.25) is 0 Å². The monoisotopic (exact) mass is 365 g/mol. The first-order valence-electron chi connectivity index (χ1n) is 7.70. The Labute approximate surface area is 149 Å². The summed E-state index contributed by atoms with van der Waals surface area (Å²) in [7, 11) is 0. The zero-order chi connectivity index (χ0) is 18.2. The largest absolute Gasteiger partial charge is 0.462 e. The number of rotatable bonds is 6. The van der Waals surface area contributed by atoms with Crippen molar-refractivity contribution in [2.45, 2.75) is 13.8 Å². The molecule has 1 aromatic heterocycles. The fourth-order valence-electron chi connectivity index (χ4n) is 2.06. The lowest BCUT2D eigenvalue weighted by Gasteiger charge is -2.25. The molecule has 1 aliphatic rings. The number of carbonyl (C=O) groups is 2. The minimum Gasteiger partial charge on any atom is -0.462 e. The van der Waals surface area contributed by atoms with Crippen LogP contribution in [0.5, 0.6) is 0 Å². The molecule has 0 saturated carbocycles. The summed E-state index contributed by atoms with van der Waals surface area (Å²) in [5, 5.41) is 9.67. The summed E-state index contributed by atoms with van der Waals surface area (Å²) in [6.07, 6.45) is 1.09. The number of ether oxygens (including phenoxy) is 2. The van der Waals surface area contributed by atoms with Crippen molar-refractivity contribution in [1.29, 1.82) is 5.26 Å². The molecule has 2 rings (SSSR count). The van der Waals surface area contributed by atoms with Crippen LogP contribution >= 0.6 is 11.3 Å². The number of amides is 1. The summed E-state index contributed by atoms with van der Waals surface area (Å²) in [6, 6.07) is 1.70. The molecule has 2 N–H and O–H groups in total. The van der Waals surface area contributed by atoms with Crippen LogP contribution < -0.4 is 15.8 Å². The average Bonchev–Trinajstić information content (AvgIpc) is 3.01. The van der Waals surface area contributed by atoms with Crippen LogP contribution in [0.1, 0.15) is 22.3 Å². The molecule has 25 heavy (non-hydrogen) atoms. The Kier molecular flexibility index (Phi) is 6.73. The number of nitrogens with zero attached hydrogens (tertiary/aromatic N) is 3. The number of aromatic nitrogens is 1. The highest BCUT2D eigenvalue weighted by Gasteiger charge is 2.20. The zero-order valence-electron chi connectivity index (χ0n) is 14.0. The topological polar surface area (TPSA) is 117 Å². The Morgan fingerprint density at radius 2 is 2.20 bits per heavy atom. The lowest BCUT2D eigenvalue weighted by Crippen LogP contribution is -2.36. The summed E-state index contributed by atoms with van der Waals surface area (Å²) in [5.74, 6) is -1.15. The van der Waals surface area contributed by atoms with Gasteiger partial charge in [-0.2, -0.15) is 5.26 Å². The summed E-state index contributed by atoms with van der Waals surface area (Å²) < 4.78 is 10.0. The van der Waals surface area contributed by atoms with E-state index in [1.807, 2.05) is 0 Å². The Morgan fingerprint density at radius 1 is 1.48 bits per heavy atom. The second-order valence-electron chi connectivity index (χ2n) is 5.00. The minimum atomic E-state index is -0.754. The Morgan fingerprint density at radius 3 is 2.84 bits per heavy atom. The molecular formula is C15H19N5O4S. The standard InChI is InChI=1S/C15H19N5O4S/c1-3-24-14(22)11(8-16)9-17-19-13(21)12-10(2)18-15(25-12)20-4-6-23-7-5-20/h9,17H,3-7H2,1-2H3,(H,19,21)/b11-9+. The van der Waals surface area contributed by atoms with Crippen molar-refractivity contribution < 1.29 is 19.1 Å². The van der Waals surface area contributed by atoms with Crippen LogP contribution in [0.25, 0.3) is 0 Å². The van der Waals surface area contributed by atoms with Crippen LogP contribution in [-0.2, 0) is 14.3 Å². The number of thiazole rings is 1. The predicted molar refractivity (Wildman–Crippen MR) is 90.8 cm³/mol. The number of esters is 1. The molecule has 10 heteroatoms. The molecule has 0 unspecified atom stereocenters. The Balaban J connectivity index is 1.98. The van der Waals surface area contributed by atoms with Gasteiger partial charge in [0.05, 0.1) is 25.5 Å². The number of hydrogen-bond acceptors (Lipinski definition) is 9. The fourth-order valence-corrected chi connectivity index (χ4v) is 3.07. The van der Waals surface area contributed by atoms with Gasteiger partial charge in [-0.15, -0.1) is 0 Å². The second-order valence-corrected chi connectivity index (χ2v) is 5.98. The van der Waals surface area contributed by atoms with Gasteiger partial charge in [-0.25, -0.2) is 9.78 Å². The van der Waals surface area contributed by atoms with Crippen LogP contribution in [0.3, 0.4) is 0 Å². The van der Waals surface area contributed by atoms with E-state index < -0.39 is 11.9 Å². The van der Waals surface area contributed by atoms with Crippen molar-refractivity contribution in [2.24, 2.45) is 0 Å². The molecule has 0 spiro atoms. The molecule has 1 saturated heterocycles. The number of morpholine rings is 1. The lowest BCUT2D eigenvalue weighted by molar-refractivity contribution is -0.138. The van der Waals surface area contributed by atoms with Crippen molar-refractivity contribution in [1.82, 2.24) is 15.8 Å². The fraction of sp³-hybridized carbons (Fsp3) is 0.467. The highest BCUT2D eigenvalue weighted by atomic mass is 32.1. The molecule has 1 fully saturated rings. The van der Waals surface area contributed by atoms with Gasteiger partial charge in [-0.05, 0) is 13.8 Å². The maximum atomic E-state index is 12.3. The number of hydrogen-bond donors (Lipinski definition) is 2. The normalized spacial score (nSPS) is 14.6. The number of carbonyl (C=O) groups excluding carboxylic acids is 2. The maximum absolute atomic E-state index is 12.3. The molecule has 1 amide bonds. The van der Waals surface area contributed by atoms with E-state index in [1.54, 1.807) is 19.9 Å². The van der Waals surface area contributed by atoms with Gasteiger partial charge in [0.25, 0.3) is 5.91 Å². The number of anilines is 1. The third-order valence-electron chi connectivity index (χ3n) is 3.29. The number of aryl methyl sites for hydroxylation is 1. The molecule has 1 aromatic rings. The van der Waals surface area contributed by atoms with E-state index in [0.717, 1.165) is 24.4 Å². The molecular weight excluding hydrogens is 346 g/mol. The zero-order valence-corrected chi connectivity index (χ0v) is 14.8. The number of hydrazine groups is 1. The Bertz CT molecular complexity index is 703. The average molecular weight is 365 g/mol. The molecule has 9 nitrogen and oxygen atoms in total. The van der Waals surface area contributed by atoms with Crippen molar-refractivity contribution >= 4 is 28.3 Å². The summed E-state index contributed by atoms with van der Waals surface area (Å²) in [6.45, 7) is 6.30. The van der Waals surface area contributed by atoms with Crippen LogP contribution in [0, 0.1) is 18.3 Å². The van der Waals surface area contributed by atoms with E-state index in [9.17, 15) is 9.59 Å². The molecule has 2 heterocycles. The molecule has 0 aromatic carbocycles. The number of nitriles is 1. The predicted octanol–water partition coefficient (Wildman–Crippen LogP) is 0.493. The minimum absolute atomic E-state index is 0.161. The van der Waals surface area contributed by atoms with Crippen LogP contribution in [0.4, 0.5) is 5.13 Å². The smallest absolute Gasteiger partial charge is 0.350 e. The number of nitrogens with one attached hydrogen (secondary N) is 2. The van der Waals surface area contributed by atoms with Gasteiger partial charge in [0.15, 0.2) is 10.7 Å². The third-order valence-corrected chi connectivity index (χ3v) is 4.51. The molecule has 0 bridgehead atoms. The summed E-state index contributed by atoms with van der Waals surface area (Å²) in [4.78, 5) is 30.7. The first kappa shape index (κ1) is 18.7. The van der Waals surface area contributed by atoms with Crippen molar-refractivity contribution in [2.75, 3.05) is 37.8 Å². The van der Waals surface area contributed by atoms with E-state index in [2.05, 4.69) is 20.7 Å². The van der Waals surface area contributed by atoms with Gasteiger partial charge in [0.1, 0.15) is 10.9 Å². The van der Waals surface area contributed by atoms with E-state index in [-0.39, 0.29) is 12.2 Å². The molecule has 0 radical (unpaired) electrons. The Hall–Kier alpha value is -2.64. The van der Waals surface area contributed by atoms with E-state index >= 15 is 0 Å². The van der Waals surface area contributed by atoms with Gasteiger partial charge in [0, 0.05) is 19.3 Å². The summed E-state index contributed by atoms with van der Waals surface area (Å²) >= 11 is 1.28. The maximum Gasteiger partial charge on any atom is 0.350 e.